The molecule has 24 heavy (non-hydrogen) atoms. The van der Waals surface area contributed by atoms with Crippen LogP contribution in [0.2, 0.25) is 0 Å². The molecule has 6 heteroatoms. The molecule has 2 aromatic rings. The summed E-state index contributed by atoms with van der Waals surface area (Å²) in [6, 6.07) is 9.06. The van der Waals surface area contributed by atoms with E-state index in [-0.39, 0.29) is 18.4 Å². The number of anilines is 1. The minimum atomic E-state index is -1.09. The van der Waals surface area contributed by atoms with Gasteiger partial charge in [0, 0.05) is 29.6 Å². The van der Waals surface area contributed by atoms with E-state index >= 15 is 0 Å². The second kappa shape index (κ2) is 6.37. The quantitative estimate of drug-likeness (QED) is 0.894. The van der Waals surface area contributed by atoms with Crippen LogP contribution in [-0.2, 0) is 16.8 Å². The first kappa shape index (κ1) is 16.7. The molecule has 0 bridgehead atoms. The van der Waals surface area contributed by atoms with Crippen molar-refractivity contribution in [3.63, 3.8) is 0 Å². The lowest BCUT2D eigenvalue weighted by molar-refractivity contribution is -0.118. The number of hydrogen-bond donors (Lipinski definition) is 2. The van der Waals surface area contributed by atoms with Crippen LogP contribution >= 0.6 is 11.3 Å². The summed E-state index contributed by atoms with van der Waals surface area (Å²) in [5.74, 6) is -0.138. The Bertz CT molecular complexity index is 769. The highest BCUT2D eigenvalue weighted by atomic mass is 32.1. The van der Waals surface area contributed by atoms with E-state index in [0.29, 0.717) is 18.4 Å². The Morgan fingerprint density at radius 1 is 1.38 bits per heavy atom. The Hall–Kier alpha value is -2.18. The van der Waals surface area contributed by atoms with Crippen molar-refractivity contribution >= 4 is 28.8 Å². The van der Waals surface area contributed by atoms with Gasteiger partial charge in [-0.25, -0.2) is 0 Å². The number of fused-ring (bicyclic) bond motifs is 1. The summed E-state index contributed by atoms with van der Waals surface area (Å²) in [6.45, 7) is 1.83. The molecule has 0 saturated heterocycles. The van der Waals surface area contributed by atoms with Gasteiger partial charge >= 0.3 is 0 Å². The van der Waals surface area contributed by atoms with Crippen LogP contribution in [0.15, 0.2) is 35.7 Å². The molecule has 0 aliphatic carbocycles. The Balaban J connectivity index is 1.71. The highest BCUT2D eigenvalue weighted by Crippen LogP contribution is 2.28. The minimum absolute atomic E-state index is 0.0895. The van der Waals surface area contributed by atoms with Crippen molar-refractivity contribution in [1.29, 1.82) is 0 Å². The van der Waals surface area contributed by atoms with Gasteiger partial charge in [0.25, 0.3) is 5.91 Å². The van der Waals surface area contributed by atoms with Gasteiger partial charge in [-0.3, -0.25) is 9.59 Å². The van der Waals surface area contributed by atoms with Crippen molar-refractivity contribution in [1.82, 2.24) is 5.32 Å². The number of thiophene rings is 1. The summed E-state index contributed by atoms with van der Waals surface area (Å²) >= 11 is 1.46. The van der Waals surface area contributed by atoms with E-state index in [1.807, 2.05) is 23.6 Å². The number of benzene rings is 1. The van der Waals surface area contributed by atoms with Crippen molar-refractivity contribution in [2.75, 3.05) is 18.5 Å². The first-order valence-corrected chi connectivity index (χ1v) is 8.70. The predicted octanol–water partition coefficient (Wildman–Crippen LogP) is 2.29. The molecular formula is C18H20N2O3S. The second-order valence-electron chi connectivity index (χ2n) is 6.23. The van der Waals surface area contributed by atoms with Crippen molar-refractivity contribution in [3.8, 4) is 0 Å². The Morgan fingerprint density at radius 2 is 2.17 bits per heavy atom. The van der Waals surface area contributed by atoms with Crippen LogP contribution in [0.25, 0.3) is 0 Å². The van der Waals surface area contributed by atoms with Gasteiger partial charge in [-0.15, -0.1) is 11.3 Å². The van der Waals surface area contributed by atoms with E-state index in [1.54, 1.807) is 31.0 Å². The minimum Gasteiger partial charge on any atom is -0.383 e. The second-order valence-corrected chi connectivity index (χ2v) is 7.18. The molecule has 1 aliphatic rings. The Kier molecular flexibility index (Phi) is 4.43. The number of carbonyl (C=O) groups excluding carboxylic acids is 2. The van der Waals surface area contributed by atoms with Gasteiger partial charge in [0.15, 0.2) is 0 Å². The Morgan fingerprint density at radius 3 is 2.88 bits per heavy atom. The normalized spacial score (nSPS) is 16.5. The fourth-order valence-corrected chi connectivity index (χ4v) is 3.61. The average molecular weight is 344 g/mol. The average Bonchev–Trinajstić information content (AvgIpc) is 3.11. The molecule has 0 radical (unpaired) electrons. The van der Waals surface area contributed by atoms with Gasteiger partial charge < -0.3 is 15.3 Å². The standard InChI is InChI=1S/C18H20N2O3S/c1-18(23,15-4-3-9-24-15)11-19-17(22)13-5-7-14-12(10-13)6-8-16(21)20(14)2/h3-5,7,9-10,23H,6,8,11H2,1-2H3,(H,19,22). The van der Waals surface area contributed by atoms with Crippen LogP contribution in [0.1, 0.15) is 34.1 Å². The fraction of sp³-hybridized carbons (Fsp3) is 0.333. The molecule has 126 valence electrons. The predicted molar refractivity (Wildman–Crippen MR) is 94.4 cm³/mol. The number of aryl methyl sites for hydroxylation is 1. The maximum Gasteiger partial charge on any atom is 0.251 e. The summed E-state index contributed by atoms with van der Waals surface area (Å²) < 4.78 is 0. The zero-order valence-corrected chi connectivity index (χ0v) is 14.5. The molecule has 0 saturated carbocycles. The van der Waals surface area contributed by atoms with E-state index in [4.69, 9.17) is 0 Å². The lowest BCUT2D eigenvalue weighted by Crippen LogP contribution is -2.38. The van der Waals surface area contributed by atoms with Crippen molar-refractivity contribution in [2.24, 2.45) is 0 Å². The zero-order valence-electron chi connectivity index (χ0n) is 13.7. The molecule has 3 rings (SSSR count). The maximum atomic E-state index is 12.4. The smallest absolute Gasteiger partial charge is 0.251 e. The van der Waals surface area contributed by atoms with Crippen LogP contribution < -0.4 is 10.2 Å². The van der Waals surface area contributed by atoms with Crippen LogP contribution in [0.5, 0.6) is 0 Å². The number of aliphatic hydroxyl groups is 1. The lowest BCUT2D eigenvalue weighted by Gasteiger charge is -2.26. The summed E-state index contributed by atoms with van der Waals surface area (Å²) in [5, 5.41) is 15.2. The molecule has 1 aromatic heterocycles. The zero-order chi connectivity index (χ0) is 17.3. The monoisotopic (exact) mass is 344 g/mol. The van der Waals surface area contributed by atoms with Crippen LogP contribution in [-0.4, -0.2) is 30.5 Å². The van der Waals surface area contributed by atoms with Crippen LogP contribution in [0.4, 0.5) is 5.69 Å². The number of carbonyl (C=O) groups is 2. The number of nitrogens with zero attached hydrogens (tertiary/aromatic N) is 1. The third-order valence-corrected chi connectivity index (χ3v) is 5.45. The van der Waals surface area contributed by atoms with Gasteiger partial charge in [0.2, 0.25) is 5.91 Å². The lowest BCUT2D eigenvalue weighted by atomic mass is 9.98. The summed E-state index contributed by atoms with van der Waals surface area (Å²) in [7, 11) is 1.75. The van der Waals surface area contributed by atoms with Gasteiger partial charge in [-0.1, -0.05) is 6.07 Å². The maximum absolute atomic E-state index is 12.4. The Labute approximate surface area is 144 Å². The first-order valence-electron chi connectivity index (χ1n) is 7.82. The van der Waals surface area contributed by atoms with Gasteiger partial charge in [0.05, 0.1) is 6.54 Å². The number of hydrogen-bond acceptors (Lipinski definition) is 4. The fourth-order valence-electron chi connectivity index (χ4n) is 2.82. The summed E-state index contributed by atoms with van der Waals surface area (Å²) in [6.07, 6.45) is 1.11. The highest BCUT2D eigenvalue weighted by molar-refractivity contribution is 7.10. The SMILES string of the molecule is CN1C(=O)CCc2cc(C(=O)NCC(C)(O)c3cccs3)ccc21. The summed E-state index contributed by atoms with van der Waals surface area (Å²) in [4.78, 5) is 26.6. The van der Waals surface area contributed by atoms with E-state index in [1.165, 1.54) is 11.3 Å². The molecule has 2 amide bonds. The molecule has 1 atom stereocenters. The van der Waals surface area contributed by atoms with Crippen LogP contribution in [0.3, 0.4) is 0 Å². The molecule has 2 heterocycles. The first-order chi connectivity index (χ1) is 11.4. The largest absolute Gasteiger partial charge is 0.383 e. The molecule has 2 N–H and O–H groups in total. The van der Waals surface area contributed by atoms with Crippen molar-refractivity contribution < 1.29 is 14.7 Å². The molecule has 0 spiro atoms. The highest BCUT2D eigenvalue weighted by Gasteiger charge is 2.26. The molecule has 1 unspecified atom stereocenters. The van der Waals surface area contributed by atoms with E-state index in [2.05, 4.69) is 5.32 Å². The van der Waals surface area contributed by atoms with Gasteiger partial charge in [0.1, 0.15) is 5.60 Å². The number of rotatable bonds is 4. The van der Waals surface area contributed by atoms with Crippen molar-refractivity contribution in [3.05, 3.63) is 51.7 Å². The van der Waals surface area contributed by atoms with Crippen molar-refractivity contribution in [2.45, 2.75) is 25.4 Å². The molecule has 1 aliphatic heterocycles. The molecule has 1 aromatic carbocycles. The number of nitrogens with one attached hydrogen (secondary N) is 1. The van der Waals surface area contributed by atoms with Gasteiger partial charge in [-0.05, 0) is 48.6 Å². The van der Waals surface area contributed by atoms with E-state index in [0.717, 1.165) is 16.1 Å². The molecular weight excluding hydrogens is 324 g/mol. The third kappa shape index (κ3) is 3.20. The molecule has 0 fully saturated rings. The van der Waals surface area contributed by atoms with Crippen LogP contribution in [0, 0.1) is 0 Å². The van der Waals surface area contributed by atoms with Gasteiger partial charge in [-0.2, -0.15) is 0 Å². The number of amides is 2. The topological polar surface area (TPSA) is 69.6 Å². The van der Waals surface area contributed by atoms with E-state index in [9.17, 15) is 14.7 Å². The van der Waals surface area contributed by atoms with E-state index < -0.39 is 5.60 Å². The third-order valence-electron chi connectivity index (χ3n) is 4.33. The molecule has 5 nitrogen and oxygen atoms in total. The summed E-state index contributed by atoms with van der Waals surface area (Å²) in [5.41, 5.74) is 1.30.